The number of aryl methyl sites for hydroxylation is 1. The number of nitrogens with zero attached hydrogens (tertiary/aromatic N) is 3. The molecule has 0 saturated heterocycles. The standard InChI is InChI=1S/C22H19N3OS2/c1-16-8-7-12-19-21(16)24-22(28-19)25(14-17-9-5-6-13-23-17)20(26)15-27-18-10-3-2-4-11-18/h2-13H,14-15H2,1H3. The summed E-state index contributed by atoms with van der Waals surface area (Å²) in [5.74, 6) is 0.377. The topological polar surface area (TPSA) is 46.1 Å². The molecule has 0 radical (unpaired) electrons. The molecular formula is C22H19N3OS2. The van der Waals surface area contributed by atoms with E-state index in [1.807, 2.05) is 73.7 Å². The third-order valence-electron chi connectivity index (χ3n) is 4.29. The van der Waals surface area contributed by atoms with Crippen molar-refractivity contribution in [2.24, 2.45) is 0 Å². The maximum Gasteiger partial charge on any atom is 0.239 e. The third-order valence-corrected chi connectivity index (χ3v) is 6.33. The number of hydrogen-bond acceptors (Lipinski definition) is 5. The van der Waals surface area contributed by atoms with Gasteiger partial charge in [0.25, 0.3) is 0 Å². The fourth-order valence-corrected chi connectivity index (χ4v) is 4.70. The Morgan fingerprint density at radius 1 is 1.04 bits per heavy atom. The normalized spacial score (nSPS) is 10.9. The van der Waals surface area contributed by atoms with Gasteiger partial charge in [-0.05, 0) is 42.8 Å². The van der Waals surface area contributed by atoms with Gasteiger partial charge in [0.05, 0.1) is 28.2 Å². The number of thioether (sulfide) groups is 1. The molecule has 0 N–H and O–H groups in total. The number of aromatic nitrogens is 2. The number of rotatable bonds is 6. The van der Waals surface area contributed by atoms with Crippen LogP contribution in [0.3, 0.4) is 0 Å². The fraction of sp³-hybridized carbons (Fsp3) is 0.136. The van der Waals surface area contributed by atoms with E-state index in [9.17, 15) is 4.79 Å². The number of pyridine rings is 1. The maximum atomic E-state index is 13.1. The molecule has 4 rings (SSSR count). The average molecular weight is 406 g/mol. The SMILES string of the molecule is Cc1cccc2sc(N(Cc3ccccn3)C(=O)CSc3ccccc3)nc12. The van der Waals surface area contributed by atoms with E-state index < -0.39 is 0 Å². The highest BCUT2D eigenvalue weighted by Crippen LogP contribution is 2.32. The van der Waals surface area contributed by atoms with Gasteiger partial charge in [0.1, 0.15) is 0 Å². The number of carbonyl (C=O) groups excluding carboxylic acids is 1. The fourth-order valence-electron chi connectivity index (χ4n) is 2.85. The highest BCUT2D eigenvalue weighted by Gasteiger charge is 2.21. The molecule has 0 unspecified atom stereocenters. The zero-order valence-corrected chi connectivity index (χ0v) is 17.0. The number of para-hydroxylation sites is 1. The van der Waals surface area contributed by atoms with E-state index in [1.165, 1.54) is 11.8 Å². The highest BCUT2D eigenvalue weighted by atomic mass is 32.2. The molecule has 140 valence electrons. The van der Waals surface area contributed by atoms with E-state index in [4.69, 9.17) is 4.98 Å². The molecule has 0 fully saturated rings. The molecule has 0 spiro atoms. The van der Waals surface area contributed by atoms with Crippen molar-refractivity contribution in [3.8, 4) is 0 Å². The number of carbonyl (C=O) groups is 1. The van der Waals surface area contributed by atoms with Crippen LogP contribution in [0, 0.1) is 6.92 Å². The summed E-state index contributed by atoms with van der Waals surface area (Å²) in [6, 6.07) is 21.8. The molecule has 2 heterocycles. The number of fused-ring (bicyclic) bond motifs is 1. The average Bonchev–Trinajstić information content (AvgIpc) is 3.17. The Hall–Kier alpha value is -2.70. The molecule has 0 bridgehead atoms. The summed E-state index contributed by atoms with van der Waals surface area (Å²) in [7, 11) is 0. The first-order chi connectivity index (χ1) is 13.7. The third kappa shape index (κ3) is 4.24. The van der Waals surface area contributed by atoms with Crippen LogP contribution in [0.4, 0.5) is 5.13 Å². The van der Waals surface area contributed by atoms with E-state index >= 15 is 0 Å². The lowest BCUT2D eigenvalue weighted by molar-refractivity contribution is -0.116. The summed E-state index contributed by atoms with van der Waals surface area (Å²) >= 11 is 3.08. The Balaban J connectivity index is 1.62. The highest BCUT2D eigenvalue weighted by molar-refractivity contribution is 8.00. The predicted octanol–water partition coefficient (Wildman–Crippen LogP) is 5.33. The zero-order chi connectivity index (χ0) is 19.3. The largest absolute Gasteiger partial charge is 0.281 e. The minimum Gasteiger partial charge on any atom is -0.281 e. The first-order valence-corrected chi connectivity index (χ1v) is 10.8. The minimum atomic E-state index is 0.0243. The summed E-state index contributed by atoms with van der Waals surface area (Å²) in [6.07, 6.45) is 1.75. The van der Waals surface area contributed by atoms with Crippen molar-refractivity contribution in [3.05, 3.63) is 84.2 Å². The predicted molar refractivity (Wildman–Crippen MR) is 117 cm³/mol. The van der Waals surface area contributed by atoms with Gasteiger partial charge in [-0.15, -0.1) is 11.8 Å². The lowest BCUT2D eigenvalue weighted by Crippen LogP contribution is -2.32. The first-order valence-electron chi connectivity index (χ1n) is 8.95. The maximum absolute atomic E-state index is 13.1. The summed E-state index contributed by atoms with van der Waals surface area (Å²) in [4.78, 5) is 25.1. The van der Waals surface area contributed by atoms with Crippen LogP contribution >= 0.6 is 23.1 Å². The van der Waals surface area contributed by atoms with Gasteiger partial charge in [-0.3, -0.25) is 14.7 Å². The molecule has 2 aromatic carbocycles. The zero-order valence-electron chi connectivity index (χ0n) is 15.4. The molecule has 6 heteroatoms. The van der Waals surface area contributed by atoms with Crippen LogP contribution in [0.15, 0.2) is 77.8 Å². The second kappa shape index (κ2) is 8.54. The van der Waals surface area contributed by atoms with Gasteiger partial charge in [-0.25, -0.2) is 4.98 Å². The molecule has 28 heavy (non-hydrogen) atoms. The van der Waals surface area contributed by atoms with Crippen LogP contribution in [0.25, 0.3) is 10.2 Å². The molecule has 0 aliphatic rings. The van der Waals surface area contributed by atoms with Gasteiger partial charge in [0, 0.05) is 11.1 Å². The molecule has 0 aliphatic heterocycles. The van der Waals surface area contributed by atoms with Crippen LogP contribution in [0.2, 0.25) is 0 Å². The van der Waals surface area contributed by atoms with Crippen LogP contribution in [-0.2, 0) is 11.3 Å². The number of thiazole rings is 1. The van der Waals surface area contributed by atoms with Crippen molar-refractivity contribution in [1.29, 1.82) is 0 Å². The first kappa shape index (κ1) is 18.7. The van der Waals surface area contributed by atoms with E-state index in [1.54, 1.807) is 22.4 Å². The summed E-state index contributed by atoms with van der Waals surface area (Å²) in [6.45, 7) is 2.45. The number of anilines is 1. The van der Waals surface area contributed by atoms with Crippen LogP contribution in [-0.4, -0.2) is 21.6 Å². The minimum absolute atomic E-state index is 0.0243. The van der Waals surface area contributed by atoms with Crippen molar-refractivity contribution in [3.63, 3.8) is 0 Å². The smallest absolute Gasteiger partial charge is 0.239 e. The second-order valence-electron chi connectivity index (χ2n) is 6.32. The van der Waals surface area contributed by atoms with E-state index in [0.29, 0.717) is 17.4 Å². The summed E-state index contributed by atoms with van der Waals surface area (Å²) < 4.78 is 1.09. The molecule has 0 atom stereocenters. The van der Waals surface area contributed by atoms with Gasteiger partial charge in [0.2, 0.25) is 5.91 Å². The number of hydrogen-bond donors (Lipinski definition) is 0. The quantitative estimate of drug-likeness (QED) is 0.407. The lowest BCUT2D eigenvalue weighted by Gasteiger charge is -2.19. The van der Waals surface area contributed by atoms with E-state index in [-0.39, 0.29) is 5.91 Å². The van der Waals surface area contributed by atoms with Gasteiger partial charge in [-0.1, -0.05) is 47.7 Å². The van der Waals surface area contributed by atoms with Gasteiger partial charge < -0.3 is 0 Å². The monoisotopic (exact) mass is 405 g/mol. The van der Waals surface area contributed by atoms with Crippen LogP contribution < -0.4 is 4.90 Å². The molecule has 4 aromatic rings. The van der Waals surface area contributed by atoms with Crippen molar-refractivity contribution in [2.75, 3.05) is 10.7 Å². The molecule has 0 aliphatic carbocycles. The van der Waals surface area contributed by atoms with Crippen LogP contribution in [0.5, 0.6) is 0 Å². The van der Waals surface area contributed by atoms with Crippen LogP contribution in [0.1, 0.15) is 11.3 Å². The number of amides is 1. The second-order valence-corrected chi connectivity index (χ2v) is 8.38. The van der Waals surface area contributed by atoms with Crippen molar-refractivity contribution < 1.29 is 4.79 Å². The molecule has 0 saturated carbocycles. The van der Waals surface area contributed by atoms with Crippen molar-refractivity contribution in [1.82, 2.24) is 9.97 Å². The molecular weight excluding hydrogens is 386 g/mol. The Kier molecular flexibility index (Phi) is 5.69. The van der Waals surface area contributed by atoms with Crippen molar-refractivity contribution in [2.45, 2.75) is 18.4 Å². The Morgan fingerprint density at radius 3 is 2.61 bits per heavy atom. The molecule has 4 nitrogen and oxygen atoms in total. The summed E-state index contributed by atoms with van der Waals surface area (Å²) in [5.41, 5.74) is 2.91. The van der Waals surface area contributed by atoms with Gasteiger partial charge >= 0.3 is 0 Å². The summed E-state index contributed by atoms with van der Waals surface area (Å²) in [5, 5.41) is 0.716. The number of benzene rings is 2. The Morgan fingerprint density at radius 2 is 1.86 bits per heavy atom. The van der Waals surface area contributed by atoms with Gasteiger partial charge in [0.15, 0.2) is 5.13 Å². The Labute approximate surface area is 172 Å². The van der Waals surface area contributed by atoms with Crippen molar-refractivity contribution >= 4 is 44.4 Å². The molecule has 1 amide bonds. The molecule has 2 aromatic heterocycles. The van der Waals surface area contributed by atoms with E-state index in [2.05, 4.69) is 4.98 Å². The van der Waals surface area contributed by atoms with E-state index in [0.717, 1.165) is 26.4 Å². The lowest BCUT2D eigenvalue weighted by atomic mass is 10.2. The van der Waals surface area contributed by atoms with Gasteiger partial charge in [-0.2, -0.15) is 0 Å². The Bertz CT molecular complexity index is 1080.